The van der Waals surface area contributed by atoms with Gasteiger partial charge in [-0.2, -0.15) is 0 Å². The summed E-state index contributed by atoms with van der Waals surface area (Å²) in [5.41, 5.74) is -0.196. The SMILES string of the molecule is O=S1NCC2(CC2)Oc2nc(Cl)ccc21. The summed E-state index contributed by atoms with van der Waals surface area (Å²) in [6.07, 6.45) is 1.95. The molecule has 3 rings (SSSR count). The summed E-state index contributed by atoms with van der Waals surface area (Å²) < 4.78 is 20.5. The monoisotopic (exact) mass is 244 g/mol. The quantitative estimate of drug-likeness (QED) is 0.700. The van der Waals surface area contributed by atoms with E-state index in [1.165, 1.54) is 0 Å². The smallest absolute Gasteiger partial charge is 0.233 e. The number of pyridine rings is 1. The Kier molecular flexibility index (Phi) is 2.02. The van der Waals surface area contributed by atoms with Crippen LogP contribution in [-0.2, 0) is 11.0 Å². The second-order valence-electron chi connectivity index (χ2n) is 3.81. The highest BCUT2D eigenvalue weighted by Crippen LogP contribution is 2.42. The van der Waals surface area contributed by atoms with E-state index in [0.29, 0.717) is 22.5 Å². The van der Waals surface area contributed by atoms with Crippen LogP contribution in [-0.4, -0.2) is 21.3 Å². The van der Waals surface area contributed by atoms with Gasteiger partial charge in [0, 0.05) is 6.54 Å². The van der Waals surface area contributed by atoms with E-state index in [4.69, 9.17) is 16.3 Å². The summed E-state index contributed by atoms with van der Waals surface area (Å²) >= 11 is 5.78. The predicted molar refractivity (Wildman–Crippen MR) is 56.3 cm³/mol. The van der Waals surface area contributed by atoms with Crippen LogP contribution in [0.25, 0.3) is 0 Å². The van der Waals surface area contributed by atoms with E-state index in [-0.39, 0.29) is 5.60 Å². The van der Waals surface area contributed by atoms with Gasteiger partial charge in [-0.3, -0.25) is 0 Å². The van der Waals surface area contributed by atoms with Gasteiger partial charge >= 0.3 is 0 Å². The molecule has 1 aliphatic heterocycles. The molecule has 1 atom stereocenters. The fraction of sp³-hybridized carbons (Fsp3) is 0.444. The molecular weight excluding hydrogens is 236 g/mol. The third-order valence-corrected chi connectivity index (χ3v) is 3.96. The summed E-state index contributed by atoms with van der Waals surface area (Å²) in [7, 11) is -1.24. The number of halogens is 1. The van der Waals surface area contributed by atoms with E-state index in [0.717, 1.165) is 12.8 Å². The molecule has 1 saturated carbocycles. The molecule has 1 N–H and O–H groups in total. The van der Waals surface area contributed by atoms with Crippen LogP contribution >= 0.6 is 11.6 Å². The Morgan fingerprint density at radius 2 is 2.33 bits per heavy atom. The Labute approximate surface area is 94.6 Å². The lowest BCUT2D eigenvalue weighted by molar-refractivity contribution is 0.174. The zero-order valence-electron chi connectivity index (χ0n) is 7.83. The molecule has 15 heavy (non-hydrogen) atoms. The molecule has 0 bridgehead atoms. The lowest BCUT2D eigenvalue weighted by atomic mass is 10.3. The Bertz CT molecular complexity index is 448. The third kappa shape index (κ3) is 1.64. The number of hydrogen-bond acceptors (Lipinski definition) is 3. The normalized spacial score (nSPS) is 26.6. The minimum absolute atomic E-state index is 0.196. The first kappa shape index (κ1) is 9.57. The lowest BCUT2D eigenvalue weighted by Crippen LogP contribution is -2.31. The van der Waals surface area contributed by atoms with Gasteiger partial charge in [-0.25, -0.2) is 13.9 Å². The van der Waals surface area contributed by atoms with Crippen LogP contribution in [0.15, 0.2) is 17.0 Å². The van der Waals surface area contributed by atoms with Gasteiger partial charge in [0.2, 0.25) is 5.88 Å². The second-order valence-corrected chi connectivity index (χ2v) is 5.47. The molecule has 80 valence electrons. The number of nitrogens with zero attached hydrogens (tertiary/aromatic N) is 1. The van der Waals surface area contributed by atoms with Crippen molar-refractivity contribution in [2.45, 2.75) is 23.3 Å². The summed E-state index contributed by atoms with van der Waals surface area (Å²) in [5, 5.41) is 0.364. The molecule has 2 heterocycles. The summed E-state index contributed by atoms with van der Waals surface area (Å²) in [6.45, 7) is 0.605. The zero-order chi connectivity index (χ0) is 10.5. The fourth-order valence-corrected chi connectivity index (χ4v) is 2.68. The molecule has 1 fully saturated rings. The van der Waals surface area contributed by atoms with Crippen LogP contribution in [0.3, 0.4) is 0 Å². The molecule has 1 aromatic heterocycles. The van der Waals surface area contributed by atoms with E-state index >= 15 is 0 Å². The van der Waals surface area contributed by atoms with Crippen molar-refractivity contribution in [2.24, 2.45) is 0 Å². The Morgan fingerprint density at radius 1 is 1.53 bits per heavy atom. The van der Waals surface area contributed by atoms with Crippen LogP contribution < -0.4 is 9.46 Å². The first-order chi connectivity index (χ1) is 7.19. The van der Waals surface area contributed by atoms with Crippen molar-refractivity contribution in [3.63, 3.8) is 0 Å². The molecule has 0 amide bonds. The van der Waals surface area contributed by atoms with Crippen molar-refractivity contribution in [1.82, 2.24) is 9.71 Å². The largest absolute Gasteiger partial charge is 0.469 e. The number of nitrogens with one attached hydrogen (secondary N) is 1. The molecule has 1 aliphatic carbocycles. The summed E-state index contributed by atoms with van der Waals surface area (Å²) in [5.74, 6) is 0.406. The van der Waals surface area contributed by atoms with E-state index in [1.54, 1.807) is 12.1 Å². The van der Waals surface area contributed by atoms with Crippen molar-refractivity contribution < 1.29 is 8.95 Å². The molecule has 2 aliphatic rings. The van der Waals surface area contributed by atoms with E-state index in [2.05, 4.69) is 9.71 Å². The minimum atomic E-state index is -1.24. The van der Waals surface area contributed by atoms with Gasteiger partial charge < -0.3 is 4.74 Å². The van der Waals surface area contributed by atoms with Gasteiger partial charge in [0.1, 0.15) is 26.6 Å². The van der Waals surface area contributed by atoms with Crippen LogP contribution in [0.2, 0.25) is 5.15 Å². The average Bonchev–Trinajstić information content (AvgIpc) is 2.96. The van der Waals surface area contributed by atoms with E-state index in [9.17, 15) is 4.21 Å². The van der Waals surface area contributed by atoms with Gasteiger partial charge in [0.15, 0.2) is 0 Å². The zero-order valence-corrected chi connectivity index (χ0v) is 9.40. The Hall–Kier alpha value is -0.650. The summed E-state index contributed by atoms with van der Waals surface area (Å²) in [6, 6.07) is 3.31. The van der Waals surface area contributed by atoms with Gasteiger partial charge in [-0.1, -0.05) is 11.6 Å². The summed E-state index contributed by atoms with van der Waals surface area (Å²) in [4.78, 5) is 4.64. The topological polar surface area (TPSA) is 51.2 Å². The van der Waals surface area contributed by atoms with Gasteiger partial charge in [-0.15, -0.1) is 0 Å². The first-order valence-corrected chi connectivity index (χ1v) is 6.22. The fourth-order valence-electron chi connectivity index (χ4n) is 1.55. The van der Waals surface area contributed by atoms with Crippen molar-refractivity contribution >= 4 is 22.6 Å². The highest BCUT2D eigenvalue weighted by atomic mass is 35.5. The van der Waals surface area contributed by atoms with Crippen LogP contribution in [0.4, 0.5) is 0 Å². The number of rotatable bonds is 0. The maximum atomic E-state index is 11.8. The van der Waals surface area contributed by atoms with Crippen molar-refractivity contribution in [2.75, 3.05) is 6.54 Å². The van der Waals surface area contributed by atoms with E-state index in [1.807, 2.05) is 0 Å². The number of aromatic nitrogens is 1. The average molecular weight is 245 g/mol. The van der Waals surface area contributed by atoms with E-state index < -0.39 is 11.0 Å². The number of ether oxygens (including phenoxy) is 1. The molecule has 1 aromatic rings. The number of hydrogen-bond donors (Lipinski definition) is 1. The van der Waals surface area contributed by atoms with Crippen molar-refractivity contribution in [3.05, 3.63) is 17.3 Å². The highest BCUT2D eigenvalue weighted by Gasteiger charge is 2.48. The molecule has 1 spiro atoms. The van der Waals surface area contributed by atoms with Crippen LogP contribution in [0.5, 0.6) is 5.88 Å². The molecule has 0 saturated heterocycles. The molecule has 0 radical (unpaired) electrons. The van der Waals surface area contributed by atoms with Gasteiger partial charge in [-0.05, 0) is 25.0 Å². The standard InChI is InChI=1S/C9H9ClN2O2S/c10-7-2-1-6-8(12-7)14-9(3-4-9)5-11-15(6)13/h1-2,11H,3-5H2. The third-order valence-electron chi connectivity index (χ3n) is 2.64. The molecule has 6 heteroatoms. The van der Waals surface area contributed by atoms with Crippen LogP contribution in [0, 0.1) is 0 Å². The molecule has 0 aromatic carbocycles. The Balaban J connectivity index is 2.08. The Morgan fingerprint density at radius 3 is 3.07 bits per heavy atom. The second kappa shape index (κ2) is 3.17. The van der Waals surface area contributed by atoms with Crippen LogP contribution in [0.1, 0.15) is 12.8 Å². The maximum absolute atomic E-state index is 11.8. The first-order valence-electron chi connectivity index (χ1n) is 4.69. The molecule has 1 unspecified atom stereocenters. The highest BCUT2D eigenvalue weighted by molar-refractivity contribution is 7.83. The molecule has 4 nitrogen and oxygen atoms in total. The lowest BCUT2D eigenvalue weighted by Gasteiger charge is -2.13. The number of fused-ring (bicyclic) bond motifs is 1. The predicted octanol–water partition coefficient (Wildman–Crippen LogP) is 1.27. The maximum Gasteiger partial charge on any atom is 0.233 e. The van der Waals surface area contributed by atoms with Crippen molar-refractivity contribution in [3.8, 4) is 5.88 Å². The van der Waals surface area contributed by atoms with Gasteiger partial charge in [0.05, 0.1) is 0 Å². The minimum Gasteiger partial charge on any atom is -0.469 e. The van der Waals surface area contributed by atoms with Gasteiger partial charge in [0.25, 0.3) is 0 Å². The van der Waals surface area contributed by atoms with Crippen molar-refractivity contribution in [1.29, 1.82) is 0 Å². The molecular formula is C9H9ClN2O2S.